The van der Waals surface area contributed by atoms with Gasteiger partial charge < -0.3 is 15.5 Å². The Morgan fingerprint density at radius 2 is 2.00 bits per heavy atom. The van der Waals surface area contributed by atoms with Gasteiger partial charge in [-0.05, 0) is 72.5 Å². The Bertz CT molecular complexity index is 1000. The molecule has 7 heteroatoms. The van der Waals surface area contributed by atoms with Crippen LogP contribution in [0.25, 0.3) is 0 Å². The summed E-state index contributed by atoms with van der Waals surface area (Å²) in [5, 5.41) is 9.04. The van der Waals surface area contributed by atoms with E-state index in [1.165, 1.54) is 17.4 Å². The second-order valence-corrected chi connectivity index (χ2v) is 8.03. The molecule has 2 atom stereocenters. The van der Waals surface area contributed by atoms with Gasteiger partial charge in [-0.1, -0.05) is 6.07 Å². The van der Waals surface area contributed by atoms with Crippen LogP contribution in [0.15, 0.2) is 60.1 Å². The number of nitrogens with zero attached hydrogens (tertiary/aromatic N) is 2. The molecule has 0 saturated carbocycles. The number of rotatable bonds is 4. The maximum atomic E-state index is 11.3. The van der Waals surface area contributed by atoms with Crippen LogP contribution < -0.4 is 15.5 Å². The third-order valence-electron chi connectivity index (χ3n) is 4.73. The lowest BCUT2D eigenvalue weighted by Crippen LogP contribution is -2.29. The molecular formula is C21H20N4OS2. The lowest BCUT2D eigenvalue weighted by atomic mass is 10.0. The summed E-state index contributed by atoms with van der Waals surface area (Å²) in [5.74, 6) is -0.0894. The van der Waals surface area contributed by atoms with Gasteiger partial charge in [0.25, 0.3) is 0 Å². The molecule has 3 heterocycles. The van der Waals surface area contributed by atoms with Gasteiger partial charge in [0.15, 0.2) is 5.11 Å². The number of hydrogen-bond donors (Lipinski definition) is 2. The Morgan fingerprint density at radius 1 is 1.21 bits per heavy atom. The molecule has 2 aromatic heterocycles. The molecule has 5 nitrogen and oxygen atoms in total. The van der Waals surface area contributed by atoms with Gasteiger partial charge in [-0.2, -0.15) is 0 Å². The molecule has 1 aliphatic rings. The number of aromatic nitrogens is 1. The second-order valence-electron chi connectivity index (χ2n) is 6.69. The monoisotopic (exact) mass is 408 g/mol. The molecule has 4 rings (SSSR count). The van der Waals surface area contributed by atoms with Gasteiger partial charge in [0.1, 0.15) is 0 Å². The average Bonchev–Trinajstić information content (AvgIpc) is 3.25. The summed E-state index contributed by atoms with van der Waals surface area (Å²) < 4.78 is 0. The molecule has 0 unspecified atom stereocenters. The molecule has 3 aromatic rings. The van der Waals surface area contributed by atoms with Gasteiger partial charge in [-0.3, -0.25) is 9.78 Å². The van der Waals surface area contributed by atoms with Gasteiger partial charge >= 0.3 is 0 Å². The number of thiophene rings is 1. The van der Waals surface area contributed by atoms with Crippen molar-refractivity contribution >= 4 is 45.9 Å². The van der Waals surface area contributed by atoms with Crippen LogP contribution in [-0.2, 0) is 4.79 Å². The quantitative estimate of drug-likeness (QED) is 0.619. The highest BCUT2D eigenvalue weighted by Gasteiger charge is 2.41. The molecule has 1 fully saturated rings. The summed E-state index contributed by atoms with van der Waals surface area (Å²) in [4.78, 5) is 19.3. The zero-order valence-corrected chi connectivity index (χ0v) is 17.2. The van der Waals surface area contributed by atoms with Crippen molar-refractivity contribution in [1.29, 1.82) is 0 Å². The van der Waals surface area contributed by atoms with E-state index in [1.54, 1.807) is 11.3 Å². The zero-order chi connectivity index (χ0) is 19.7. The highest BCUT2D eigenvalue weighted by Crippen LogP contribution is 2.44. The van der Waals surface area contributed by atoms with Crippen LogP contribution >= 0.6 is 23.6 Å². The van der Waals surface area contributed by atoms with Crippen molar-refractivity contribution in [1.82, 2.24) is 10.3 Å². The van der Waals surface area contributed by atoms with Gasteiger partial charge in [0.05, 0.1) is 17.8 Å². The normalized spacial score (nSPS) is 18.8. The van der Waals surface area contributed by atoms with Crippen molar-refractivity contribution in [3.63, 3.8) is 0 Å². The molecular weight excluding hydrogens is 388 g/mol. The number of aryl methyl sites for hydroxylation is 1. The largest absolute Gasteiger partial charge is 0.351 e. The number of amides is 1. The highest BCUT2D eigenvalue weighted by atomic mass is 32.1. The van der Waals surface area contributed by atoms with E-state index < -0.39 is 0 Å². The van der Waals surface area contributed by atoms with Crippen LogP contribution in [0.5, 0.6) is 0 Å². The number of benzene rings is 1. The number of thiocarbonyl (C=S) groups is 1. The summed E-state index contributed by atoms with van der Waals surface area (Å²) >= 11 is 7.45. The first-order valence-electron chi connectivity index (χ1n) is 8.97. The third kappa shape index (κ3) is 3.50. The molecule has 0 spiro atoms. The lowest BCUT2D eigenvalue weighted by molar-refractivity contribution is -0.114. The molecule has 0 radical (unpaired) electrons. The molecule has 28 heavy (non-hydrogen) atoms. The number of hydrogen-bond acceptors (Lipinski definition) is 4. The van der Waals surface area contributed by atoms with E-state index in [1.807, 2.05) is 48.7 Å². The fraction of sp³-hybridized carbons (Fsp3) is 0.190. The van der Waals surface area contributed by atoms with Crippen LogP contribution in [0.2, 0.25) is 0 Å². The summed E-state index contributed by atoms with van der Waals surface area (Å²) in [6.45, 7) is 3.63. The second kappa shape index (κ2) is 7.69. The van der Waals surface area contributed by atoms with Crippen molar-refractivity contribution in [3.8, 4) is 0 Å². The van der Waals surface area contributed by atoms with Crippen LogP contribution in [0, 0.1) is 6.92 Å². The summed E-state index contributed by atoms with van der Waals surface area (Å²) in [6, 6.07) is 15.8. The maximum Gasteiger partial charge on any atom is 0.221 e. The van der Waals surface area contributed by atoms with E-state index in [-0.39, 0.29) is 18.0 Å². The highest BCUT2D eigenvalue weighted by molar-refractivity contribution is 7.80. The Morgan fingerprint density at radius 3 is 2.61 bits per heavy atom. The topological polar surface area (TPSA) is 57.3 Å². The van der Waals surface area contributed by atoms with Gasteiger partial charge in [0.2, 0.25) is 5.91 Å². The van der Waals surface area contributed by atoms with Crippen LogP contribution in [-0.4, -0.2) is 16.0 Å². The van der Waals surface area contributed by atoms with E-state index >= 15 is 0 Å². The molecule has 142 valence electrons. The summed E-state index contributed by atoms with van der Waals surface area (Å²) in [5.41, 5.74) is 3.93. The Kier molecular flexibility index (Phi) is 5.11. The minimum absolute atomic E-state index is 0.00835. The Hall–Kier alpha value is -2.77. The predicted molar refractivity (Wildman–Crippen MR) is 118 cm³/mol. The number of nitrogens with one attached hydrogen (secondary N) is 2. The van der Waals surface area contributed by atoms with Crippen molar-refractivity contribution < 1.29 is 4.79 Å². The molecule has 1 saturated heterocycles. The van der Waals surface area contributed by atoms with E-state index in [4.69, 9.17) is 12.2 Å². The minimum Gasteiger partial charge on any atom is -0.351 e. The standard InChI is InChI=1S/C21H20N4OS2/c1-13-10-12-28-20(13)19-18(17-5-3-4-11-22-17)24-21(27)25(19)16-8-6-15(7-9-16)23-14(2)26/h3-12,18-19H,1-2H3,(H,23,26)(H,24,27)/t18-,19-/m0/s1. The van der Waals surface area contributed by atoms with Crippen LogP contribution in [0.4, 0.5) is 11.4 Å². The number of carbonyl (C=O) groups excluding carboxylic acids is 1. The van der Waals surface area contributed by atoms with Gasteiger partial charge in [-0.15, -0.1) is 11.3 Å². The predicted octanol–water partition coefficient (Wildman–Crippen LogP) is 4.59. The summed E-state index contributed by atoms with van der Waals surface area (Å²) in [7, 11) is 0. The number of carbonyl (C=O) groups is 1. The SMILES string of the molecule is CC(=O)Nc1ccc(N2C(=S)N[C@@H](c3ccccn3)[C@H]2c2sccc2C)cc1. The molecule has 1 aliphatic heterocycles. The lowest BCUT2D eigenvalue weighted by Gasteiger charge is -2.27. The zero-order valence-electron chi connectivity index (χ0n) is 15.5. The smallest absolute Gasteiger partial charge is 0.221 e. The first-order chi connectivity index (χ1) is 13.5. The third-order valence-corrected chi connectivity index (χ3v) is 6.14. The van der Waals surface area contributed by atoms with Crippen molar-refractivity contribution in [3.05, 3.63) is 76.2 Å². The van der Waals surface area contributed by atoms with Gasteiger partial charge in [-0.25, -0.2) is 0 Å². The number of pyridine rings is 1. The van der Waals surface area contributed by atoms with Gasteiger partial charge in [0, 0.05) is 29.4 Å². The molecule has 0 aliphatic carbocycles. The fourth-order valence-corrected chi connectivity index (χ4v) is 4.89. The van der Waals surface area contributed by atoms with E-state index in [0.29, 0.717) is 5.11 Å². The van der Waals surface area contributed by atoms with E-state index in [9.17, 15) is 4.79 Å². The van der Waals surface area contributed by atoms with Crippen LogP contribution in [0.3, 0.4) is 0 Å². The molecule has 2 N–H and O–H groups in total. The van der Waals surface area contributed by atoms with Crippen molar-refractivity contribution in [2.24, 2.45) is 0 Å². The summed E-state index contributed by atoms with van der Waals surface area (Å²) in [6.07, 6.45) is 1.81. The van der Waals surface area contributed by atoms with E-state index in [2.05, 4.69) is 38.9 Å². The first kappa shape index (κ1) is 18.6. The van der Waals surface area contributed by atoms with Crippen LogP contribution in [0.1, 0.15) is 35.1 Å². The molecule has 1 amide bonds. The minimum atomic E-state index is -0.0894. The Balaban J connectivity index is 1.75. The Labute approximate surface area is 173 Å². The van der Waals surface area contributed by atoms with Crippen molar-refractivity contribution in [2.75, 3.05) is 10.2 Å². The molecule has 0 bridgehead atoms. The fourth-order valence-electron chi connectivity index (χ4n) is 3.50. The molecule has 1 aromatic carbocycles. The number of anilines is 2. The van der Waals surface area contributed by atoms with Crippen molar-refractivity contribution in [2.45, 2.75) is 25.9 Å². The van der Waals surface area contributed by atoms with E-state index in [0.717, 1.165) is 17.1 Å². The average molecular weight is 409 g/mol. The first-order valence-corrected chi connectivity index (χ1v) is 10.3. The maximum absolute atomic E-state index is 11.3.